The Morgan fingerprint density at radius 3 is 2.26 bits per heavy atom. The molecular weight excluding hydrogens is 288 g/mol. The molecule has 0 saturated heterocycles. The molecule has 0 aliphatic heterocycles. The molecule has 2 aromatic rings. The van der Waals surface area contributed by atoms with Crippen molar-refractivity contribution in [3.05, 3.63) is 60.2 Å². The lowest BCUT2D eigenvalue weighted by Crippen LogP contribution is -2.40. The Morgan fingerprint density at radius 2 is 1.61 bits per heavy atom. The van der Waals surface area contributed by atoms with Crippen LogP contribution in [-0.4, -0.2) is 17.0 Å². The smallest absolute Gasteiger partial charge is 0.151 e. The molecular formula is C20H22O3. The van der Waals surface area contributed by atoms with E-state index in [1.807, 2.05) is 42.5 Å². The highest BCUT2D eigenvalue weighted by Gasteiger charge is 2.39. The summed E-state index contributed by atoms with van der Waals surface area (Å²) in [6.45, 7) is 2.19. The van der Waals surface area contributed by atoms with Gasteiger partial charge in [0.05, 0.1) is 0 Å². The molecule has 0 unspecified atom stereocenters. The van der Waals surface area contributed by atoms with Crippen LogP contribution in [0.25, 0.3) is 0 Å². The highest BCUT2D eigenvalue weighted by Crippen LogP contribution is 2.43. The number of aldehydes is 1. The molecule has 1 aliphatic rings. The van der Waals surface area contributed by atoms with Crippen LogP contribution in [0.2, 0.25) is 0 Å². The molecule has 1 N–H and O–H groups in total. The summed E-state index contributed by atoms with van der Waals surface area (Å²) in [4.78, 5) is 11.0. The molecule has 1 fully saturated rings. The highest BCUT2D eigenvalue weighted by molar-refractivity contribution is 5.62. The molecule has 0 amide bonds. The predicted octanol–water partition coefficient (Wildman–Crippen LogP) is 4.24. The first-order chi connectivity index (χ1) is 11.0. The summed E-state index contributed by atoms with van der Waals surface area (Å²) < 4.78 is 5.91. The second-order valence-corrected chi connectivity index (χ2v) is 6.73. The Morgan fingerprint density at radius 1 is 0.957 bits per heavy atom. The van der Waals surface area contributed by atoms with Crippen LogP contribution < -0.4 is 4.74 Å². The number of aliphatic hydroxyl groups is 1. The molecule has 120 valence electrons. The summed E-state index contributed by atoms with van der Waals surface area (Å²) in [5.74, 6) is 1.62. The molecule has 3 nitrogen and oxygen atoms in total. The Labute approximate surface area is 136 Å². The third-order valence-corrected chi connectivity index (χ3v) is 4.95. The number of carbonyl (C=O) groups is 1. The number of benzene rings is 2. The quantitative estimate of drug-likeness (QED) is 0.859. The zero-order chi connectivity index (χ0) is 16.3. The first-order valence-electron chi connectivity index (χ1n) is 8.05. The van der Waals surface area contributed by atoms with Gasteiger partial charge in [-0.3, -0.25) is 0 Å². The Balaban J connectivity index is 1.78. The van der Waals surface area contributed by atoms with E-state index in [4.69, 9.17) is 4.74 Å². The van der Waals surface area contributed by atoms with Gasteiger partial charge in [-0.2, -0.15) is 0 Å². The number of hydrogen-bond donors (Lipinski definition) is 1. The van der Waals surface area contributed by atoms with Crippen molar-refractivity contribution in [2.45, 2.75) is 43.6 Å². The Bertz CT molecular complexity index is 670. The minimum Gasteiger partial charge on any atom is -0.457 e. The summed E-state index contributed by atoms with van der Waals surface area (Å²) in [5.41, 5.74) is 0.0158. The van der Waals surface area contributed by atoms with Gasteiger partial charge in [0.1, 0.15) is 17.1 Å². The van der Waals surface area contributed by atoms with E-state index in [1.54, 1.807) is 0 Å². The van der Waals surface area contributed by atoms with Crippen LogP contribution in [0, 0.1) is 0 Å². The largest absolute Gasteiger partial charge is 0.457 e. The molecule has 0 spiro atoms. The van der Waals surface area contributed by atoms with E-state index in [2.05, 4.69) is 19.1 Å². The van der Waals surface area contributed by atoms with Crippen molar-refractivity contribution in [3.8, 4) is 11.5 Å². The number of hydrogen-bond acceptors (Lipinski definition) is 3. The molecule has 0 atom stereocenters. The molecule has 1 saturated carbocycles. The fourth-order valence-corrected chi connectivity index (χ4v) is 3.20. The van der Waals surface area contributed by atoms with Gasteiger partial charge in [-0.1, -0.05) is 37.3 Å². The molecule has 0 heterocycles. The van der Waals surface area contributed by atoms with Gasteiger partial charge >= 0.3 is 0 Å². The van der Waals surface area contributed by atoms with Gasteiger partial charge in [0, 0.05) is 0 Å². The van der Waals surface area contributed by atoms with Crippen molar-refractivity contribution < 1.29 is 14.6 Å². The maximum absolute atomic E-state index is 11.0. The van der Waals surface area contributed by atoms with E-state index in [0.29, 0.717) is 19.1 Å². The van der Waals surface area contributed by atoms with Gasteiger partial charge in [0.25, 0.3) is 0 Å². The van der Waals surface area contributed by atoms with Crippen molar-refractivity contribution in [3.63, 3.8) is 0 Å². The molecule has 3 heteroatoms. The lowest BCUT2D eigenvalue weighted by Gasteiger charge is -2.40. The highest BCUT2D eigenvalue weighted by atomic mass is 16.5. The zero-order valence-electron chi connectivity index (χ0n) is 13.4. The van der Waals surface area contributed by atoms with Crippen LogP contribution in [0.4, 0.5) is 0 Å². The molecule has 1 aliphatic carbocycles. The van der Waals surface area contributed by atoms with Crippen LogP contribution in [0.5, 0.6) is 11.5 Å². The monoisotopic (exact) mass is 310 g/mol. The van der Waals surface area contributed by atoms with Gasteiger partial charge in [0.2, 0.25) is 0 Å². The lowest BCUT2D eigenvalue weighted by molar-refractivity contribution is -0.128. The van der Waals surface area contributed by atoms with Crippen molar-refractivity contribution >= 4 is 6.29 Å². The third-order valence-electron chi connectivity index (χ3n) is 4.95. The number of carbonyl (C=O) groups excluding carboxylic acids is 1. The van der Waals surface area contributed by atoms with Crippen LogP contribution in [0.3, 0.4) is 0 Å². The number of ether oxygens (including phenoxy) is 1. The predicted molar refractivity (Wildman–Crippen MR) is 89.8 cm³/mol. The summed E-state index contributed by atoms with van der Waals surface area (Å²) >= 11 is 0. The van der Waals surface area contributed by atoms with Crippen molar-refractivity contribution in [2.75, 3.05) is 0 Å². The maximum Gasteiger partial charge on any atom is 0.151 e. The summed E-state index contributed by atoms with van der Waals surface area (Å²) in [5, 5.41) is 10.1. The van der Waals surface area contributed by atoms with Gasteiger partial charge in [-0.25, -0.2) is 0 Å². The molecule has 0 radical (unpaired) electrons. The fraction of sp³-hybridized carbons (Fsp3) is 0.350. The average molecular weight is 310 g/mol. The van der Waals surface area contributed by atoms with Gasteiger partial charge in [0.15, 0.2) is 6.29 Å². The Kier molecular flexibility index (Phi) is 4.22. The molecule has 23 heavy (non-hydrogen) atoms. The SMILES string of the molecule is CC1(c2cccc(Oc3ccccc3)c2)CCC(O)(C=O)CC1. The third kappa shape index (κ3) is 3.45. The first-order valence-corrected chi connectivity index (χ1v) is 8.05. The number of para-hydroxylation sites is 1. The average Bonchev–Trinajstić information content (AvgIpc) is 2.59. The molecule has 3 rings (SSSR count). The van der Waals surface area contributed by atoms with Gasteiger partial charge < -0.3 is 14.6 Å². The van der Waals surface area contributed by atoms with Crippen molar-refractivity contribution in [1.29, 1.82) is 0 Å². The Hall–Kier alpha value is -2.13. The second kappa shape index (κ2) is 6.17. The molecule has 0 aromatic heterocycles. The summed E-state index contributed by atoms with van der Waals surface area (Å²) in [6.07, 6.45) is 3.29. The lowest BCUT2D eigenvalue weighted by atomic mass is 9.67. The summed E-state index contributed by atoms with van der Waals surface area (Å²) in [7, 11) is 0. The van der Waals surface area contributed by atoms with E-state index in [0.717, 1.165) is 24.3 Å². The first kappa shape index (κ1) is 15.8. The normalized spacial score (nSPS) is 27.4. The number of rotatable bonds is 4. The van der Waals surface area contributed by atoms with Gasteiger partial charge in [-0.15, -0.1) is 0 Å². The minimum absolute atomic E-state index is 0.0364. The summed E-state index contributed by atoms with van der Waals surface area (Å²) in [6, 6.07) is 17.8. The fourth-order valence-electron chi connectivity index (χ4n) is 3.20. The second-order valence-electron chi connectivity index (χ2n) is 6.73. The van der Waals surface area contributed by atoms with E-state index < -0.39 is 5.60 Å². The van der Waals surface area contributed by atoms with Crippen LogP contribution >= 0.6 is 0 Å². The van der Waals surface area contributed by atoms with Crippen LogP contribution in [0.1, 0.15) is 38.2 Å². The minimum atomic E-state index is -1.14. The zero-order valence-corrected chi connectivity index (χ0v) is 13.4. The van der Waals surface area contributed by atoms with Crippen LogP contribution in [0.15, 0.2) is 54.6 Å². The van der Waals surface area contributed by atoms with Crippen LogP contribution in [-0.2, 0) is 10.2 Å². The van der Waals surface area contributed by atoms with Crippen molar-refractivity contribution in [2.24, 2.45) is 0 Å². The topological polar surface area (TPSA) is 46.5 Å². The maximum atomic E-state index is 11.0. The van der Waals surface area contributed by atoms with E-state index in [9.17, 15) is 9.90 Å². The van der Waals surface area contributed by atoms with Gasteiger partial charge in [-0.05, 0) is 60.9 Å². The van der Waals surface area contributed by atoms with E-state index in [1.165, 1.54) is 5.56 Å². The van der Waals surface area contributed by atoms with E-state index >= 15 is 0 Å². The van der Waals surface area contributed by atoms with Crippen molar-refractivity contribution in [1.82, 2.24) is 0 Å². The molecule has 2 aromatic carbocycles. The standard InChI is InChI=1S/C20H22O3/c1-19(10-12-20(22,15-21)13-11-19)16-6-5-9-18(14-16)23-17-7-3-2-4-8-17/h2-9,14-15,22H,10-13H2,1H3. The molecule has 0 bridgehead atoms. The van der Waals surface area contributed by atoms with E-state index in [-0.39, 0.29) is 5.41 Å².